The molecule has 1 aromatic carbocycles. The molecule has 1 aliphatic carbocycles. The van der Waals surface area contributed by atoms with E-state index in [1.165, 1.54) is 11.8 Å². The average Bonchev–Trinajstić information content (AvgIpc) is 3.17. The number of carboxylic acids is 1. The highest BCUT2D eigenvalue weighted by atomic mass is 16.4. The lowest BCUT2D eigenvalue weighted by Gasteiger charge is -2.27. The zero-order valence-electron chi connectivity index (χ0n) is 11.5. The van der Waals surface area contributed by atoms with Gasteiger partial charge in [-0.1, -0.05) is 29.8 Å². The maximum atomic E-state index is 12.5. The van der Waals surface area contributed by atoms with Gasteiger partial charge in [0.2, 0.25) is 5.91 Å². The van der Waals surface area contributed by atoms with Crippen LogP contribution in [0.1, 0.15) is 30.9 Å². The summed E-state index contributed by atoms with van der Waals surface area (Å²) in [6, 6.07) is 7.11. The monoisotopic (exact) mass is 261 g/mol. The van der Waals surface area contributed by atoms with Crippen molar-refractivity contribution in [2.45, 2.75) is 38.1 Å². The van der Waals surface area contributed by atoms with Crippen molar-refractivity contribution in [2.24, 2.45) is 0 Å². The Morgan fingerprint density at radius 1 is 1.37 bits per heavy atom. The van der Waals surface area contributed by atoms with E-state index in [9.17, 15) is 9.59 Å². The lowest BCUT2D eigenvalue weighted by atomic mass is 9.92. The highest BCUT2D eigenvalue weighted by Gasteiger charge is 2.53. The summed E-state index contributed by atoms with van der Waals surface area (Å²) in [6.45, 7) is 3.53. The summed E-state index contributed by atoms with van der Waals surface area (Å²) in [4.78, 5) is 24.9. The first-order valence-corrected chi connectivity index (χ1v) is 6.46. The van der Waals surface area contributed by atoms with E-state index in [0.717, 1.165) is 24.0 Å². The molecule has 0 bridgehead atoms. The molecule has 1 atom stereocenters. The summed E-state index contributed by atoms with van der Waals surface area (Å²) in [5, 5.41) is 9.01. The number of carbonyl (C=O) groups is 2. The van der Waals surface area contributed by atoms with Crippen molar-refractivity contribution in [1.82, 2.24) is 4.90 Å². The standard InChI is InChI=1S/C15H19NO3/c1-10-5-4-6-12(9-10)15(7-8-15)14(19)16(3)11(2)13(17)18/h4-6,9,11H,7-8H2,1-3H3,(H,17,18). The minimum Gasteiger partial charge on any atom is -0.480 e. The highest BCUT2D eigenvalue weighted by molar-refractivity contribution is 5.93. The molecule has 0 spiro atoms. The van der Waals surface area contributed by atoms with Crippen LogP contribution in [0.2, 0.25) is 0 Å². The van der Waals surface area contributed by atoms with Crippen LogP contribution in [0.25, 0.3) is 0 Å². The zero-order chi connectivity index (χ0) is 14.2. The molecule has 0 aliphatic heterocycles. The minimum atomic E-state index is -0.976. The minimum absolute atomic E-state index is 0.0898. The summed E-state index contributed by atoms with van der Waals surface area (Å²) < 4.78 is 0. The van der Waals surface area contributed by atoms with Gasteiger partial charge in [0, 0.05) is 7.05 Å². The molecular formula is C15H19NO3. The predicted octanol–water partition coefficient (Wildman–Crippen LogP) is 1.96. The first-order valence-electron chi connectivity index (χ1n) is 6.46. The molecule has 1 saturated carbocycles. The van der Waals surface area contributed by atoms with Crippen molar-refractivity contribution in [3.05, 3.63) is 35.4 Å². The predicted molar refractivity (Wildman–Crippen MR) is 72.0 cm³/mol. The Kier molecular flexibility index (Phi) is 3.35. The Hall–Kier alpha value is -1.84. The molecule has 0 radical (unpaired) electrons. The molecule has 102 valence electrons. The van der Waals surface area contributed by atoms with Crippen molar-refractivity contribution in [1.29, 1.82) is 0 Å². The van der Waals surface area contributed by atoms with E-state index in [1.807, 2.05) is 31.2 Å². The molecule has 1 N–H and O–H groups in total. The molecule has 1 unspecified atom stereocenters. The van der Waals surface area contributed by atoms with E-state index in [1.54, 1.807) is 7.05 Å². The Morgan fingerprint density at radius 3 is 2.47 bits per heavy atom. The van der Waals surface area contributed by atoms with Gasteiger partial charge >= 0.3 is 5.97 Å². The molecule has 0 saturated heterocycles. The first kappa shape index (κ1) is 13.6. The second kappa shape index (κ2) is 4.68. The number of carboxylic acid groups (broad SMARTS) is 1. The second-order valence-electron chi connectivity index (χ2n) is 5.38. The van der Waals surface area contributed by atoms with E-state index in [2.05, 4.69) is 0 Å². The van der Waals surface area contributed by atoms with Crippen molar-refractivity contribution in [3.8, 4) is 0 Å². The number of rotatable bonds is 4. The van der Waals surface area contributed by atoms with Crippen molar-refractivity contribution < 1.29 is 14.7 Å². The van der Waals surface area contributed by atoms with Crippen LogP contribution in [0.4, 0.5) is 0 Å². The topological polar surface area (TPSA) is 57.6 Å². The van der Waals surface area contributed by atoms with Crippen LogP contribution < -0.4 is 0 Å². The van der Waals surface area contributed by atoms with E-state index >= 15 is 0 Å². The van der Waals surface area contributed by atoms with Crippen LogP contribution >= 0.6 is 0 Å². The van der Waals surface area contributed by atoms with Gasteiger partial charge < -0.3 is 10.0 Å². The number of nitrogens with zero attached hydrogens (tertiary/aromatic N) is 1. The quantitative estimate of drug-likeness (QED) is 0.901. The first-order chi connectivity index (χ1) is 8.88. The molecule has 1 aliphatic rings. The molecule has 1 aromatic rings. The number of carbonyl (C=O) groups excluding carboxylic acids is 1. The number of aryl methyl sites for hydroxylation is 1. The molecule has 19 heavy (non-hydrogen) atoms. The van der Waals surface area contributed by atoms with E-state index in [-0.39, 0.29) is 5.91 Å². The van der Waals surface area contributed by atoms with E-state index in [0.29, 0.717) is 0 Å². The fourth-order valence-corrected chi connectivity index (χ4v) is 2.37. The SMILES string of the molecule is Cc1cccc(C2(C(=O)N(C)C(C)C(=O)O)CC2)c1. The summed E-state index contributed by atoms with van der Waals surface area (Å²) in [5.74, 6) is -1.07. The number of amides is 1. The van der Waals surface area contributed by atoms with E-state index < -0.39 is 17.4 Å². The third-order valence-corrected chi connectivity index (χ3v) is 3.99. The van der Waals surface area contributed by atoms with Gasteiger partial charge in [-0.2, -0.15) is 0 Å². The smallest absolute Gasteiger partial charge is 0.326 e. The van der Waals surface area contributed by atoms with Gasteiger partial charge in [0.15, 0.2) is 0 Å². The van der Waals surface area contributed by atoms with Gasteiger partial charge in [-0.15, -0.1) is 0 Å². The van der Waals surface area contributed by atoms with Gasteiger partial charge in [0.1, 0.15) is 6.04 Å². The molecule has 1 fully saturated rings. The van der Waals surface area contributed by atoms with E-state index in [4.69, 9.17) is 5.11 Å². The molecule has 4 nitrogen and oxygen atoms in total. The molecule has 0 heterocycles. The third-order valence-electron chi connectivity index (χ3n) is 3.99. The third kappa shape index (κ3) is 2.35. The van der Waals surface area contributed by atoms with Gasteiger partial charge in [0.05, 0.1) is 5.41 Å². The van der Waals surface area contributed by atoms with Crippen LogP contribution in [0.15, 0.2) is 24.3 Å². The summed E-state index contributed by atoms with van der Waals surface area (Å²) in [7, 11) is 1.57. The lowest BCUT2D eigenvalue weighted by molar-refractivity contribution is -0.149. The fraction of sp³-hybridized carbons (Fsp3) is 0.467. The maximum absolute atomic E-state index is 12.5. The van der Waals surface area contributed by atoms with Crippen LogP contribution in [0.5, 0.6) is 0 Å². The second-order valence-corrected chi connectivity index (χ2v) is 5.38. The summed E-state index contributed by atoms with van der Waals surface area (Å²) in [6.07, 6.45) is 1.60. The molecule has 0 aromatic heterocycles. The average molecular weight is 261 g/mol. The van der Waals surface area contributed by atoms with Crippen LogP contribution in [0.3, 0.4) is 0 Å². The van der Waals surface area contributed by atoms with Crippen molar-refractivity contribution in [2.75, 3.05) is 7.05 Å². The zero-order valence-corrected chi connectivity index (χ0v) is 11.5. The van der Waals surface area contributed by atoms with Crippen LogP contribution in [0, 0.1) is 6.92 Å². The summed E-state index contributed by atoms with van der Waals surface area (Å²) in [5.41, 5.74) is 1.62. The Morgan fingerprint density at radius 2 is 2.00 bits per heavy atom. The normalized spacial score (nSPS) is 17.6. The molecule has 4 heteroatoms. The molecule has 2 rings (SSSR count). The van der Waals surface area contributed by atoms with Gasteiger partial charge in [-0.05, 0) is 32.3 Å². The Bertz CT molecular complexity index is 520. The van der Waals surface area contributed by atoms with Crippen molar-refractivity contribution >= 4 is 11.9 Å². The van der Waals surface area contributed by atoms with Crippen LogP contribution in [-0.2, 0) is 15.0 Å². The molecular weight excluding hydrogens is 242 g/mol. The fourth-order valence-electron chi connectivity index (χ4n) is 2.37. The number of aliphatic carboxylic acids is 1. The van der Waals surface area contributed by atoms with Gasteiger partial charge in [-0.3, -0.25) is 4.79 Å². The number of benzene rings is 1. The van der Waals surface area contributed by atoms with Crippen LogP contribution in [-0.4, -0.2) is 35.0 Å². The highest BCUT2D eigenvalue weighted by Crippen LogP contribution is 2.49. The number of likely N-dealkylation sites (N-methyl/N-ethyl adjacent to an activating group) is 1. The maximum Gasteiger partial charge on any atom is 0.326 e. The van der Waals surface area contributed by atoms with Gasteiger partial charge in [-0.25, -0.2) is 4.79 Å². The molecule has 1 amide bonds. The largest absolute Gasteiger partial charge is 0.480 e. The number of hydrogen-bond acceptors (Lipinski definition) is 2. The summed E-state index contributed by atoms with van der Waals surface area (Å²) >= 11 is 0. The lowest BCUT2D eigenvalue weighted by Crippen LogP contribution is -2.45. The number of hydrogen-bond donors (Lipinski definition) is 1. The Labute approximate surface area is 113 Å². The Balaban J connectivity index is 2.26. The van der Waals surface area contributed by atoms with Gasteiger partial charge in [0.25, 0.3) is 0 Å². The van der Waals surface area contributed by atoms with Crippen molar-refractivity contribution in [3.63, 3.8) is 0 Å².